The maximum absolute atomic E-state index is 6.04. The molecule has 0 amide bonds. The first-order valence-electron chi connectivity index (χ1n) is 8.99. The molecule has 146 valence electrons. The Kier molecular flexibility index (Phi) is 6.54. The smallest absolute Gasteiger partial charge is 0.196 e. The van der Waals surface area contributed by atoms with E-state index in [0.717, 1.165) is 38.2 Å². The van der Waals surface area contributed by atoms with Crippen molar-refractivity contribution in [3.05, 3.63) is 88.4 Å². The number of ether oxygens (including phenoxy) is 1. The molecule has 0 bridgehead atoms. The number of thioether (sulfide) groups is 1. The van der Waals surface area contributed by atoms with E-state index in [1.807, 2.05) is 78.9 Å². The van der Waals surface area contributed by atoms with E-state index in [4.69, 9.17) is 16.3 Å². The highest BCUT2D eigenvalue weighted by atomic mass is 79.9. The number of hydrogen-bond donors (Lipinski definition) is 0. The minimum absolute atomic E-state index is 0.568. The number of para-hydroxylation sites is 1. The topological polar surface area (TPSA) is 39.9 Å². The third-order valence-electron chi connectivity index (χ3n) is 4.13. The molecule has 0 fully saturated rings. The molecule has 4 nitrogen and oxygen atoms in total. The van der Waals surface area contributed by atoms with Gasteiger partial charge in [-0.3, -0.25) is 4.57 Å². The number of nitrogens with zero attached hydrogens (tertiary/aromatic N) is 3. The van der Waals surface area contributed by atoms with Crippen LogP contribution in [0.3, 0.4) is 0 Å². The van der Waals surface area contributed by atoms with Gasteiger partial charge in [-0.25, -0.2) is 0 Å². The molecule has 0 saturated carbocycles. The van der Waals surface area contributed by atoms with Crippen LogP contribution >= 0.6 is 39.3 Å². The number of rotatable bonds is 7. The van der Waals surface area contributed by atoms with E-state index < -0.39 is 0 Å². The fourth-order valence-electron chi connectivity index (χ4n) is 2.81. The molecule has 4 rings (SSSR count). The highest BCUT2D eigenvalue weighted by Crippen LogP contribution is 2.28. The van der Waals surface area contributed by atoms with Gasteiger partial charge in [-0.2, -0.15) is 0 Å². The highest BCUT2D eigenvalue weighted by molar-refractivity contribution is 9.10. The van der Waals surface area contributed by atoms with Gasteiger partial charge >= 0.3 is 0 Å². The molecule has 0 aliphatic rings. The summed E-state index contributed by atoms with van der Waals surface area (Å²) in [6.45, 7) is 0.568. The van der Waals surface area contributed by atoms with Crippen molar-refractivity contribution in [1.29, 1.82) is 0 Å². The fraction of sp³-hybridized carbons (Fsp3) is 0.0909. The van der Waals surface area contributed by atoms with Gasteiger partial charge in [0.15, 0.2) is 11.0 Å². The lowest BCUT2D eigenvalue weighted by atomic mass is 10.2. The van der Waals surface area contributed by atoms with Gasteiger partial charge in [-0.05, 0) is 54.6 Å². The van der Waals surface area contributed by atoms with Gasteiger partial charge in [-0.1, -0.05) is 63.6 Å². The highest BCUT2D eigenvalue weighted by Gasteiger charge is 2.16. The Morgan fingerprint density at radius 1 is 0.931 bits per heavy atom. The zero-order valence-corrected chi connectivity index (χ0v) is 18.5. The Balaban J connectivity index is 1.54. The SMILES string of the molecule is Clc1ccc(-c2nnc(SCCOc3cccc(Br)c3)n2-c2ccccc2)cc1. The van der Waals surface area contributed by atoms with Crippen LogP contribution in [0, 0.1) is 0 Å². The molecule has 0 unspecified atom stereocenters. The lowest BCUT2D eigenvalue weighted by Crippen LogP contribution is -2.03. The predicted molar refractivity (Wildman–Crippen MR) is 122 cm³/mol. The molecule has 0 N–H and O–H groups in total. The molecule has 1 aromatic heterocycles. The van der Waals surface area contributed by atoms with Gasteiger partial charge in [-0.15, -0.1) is 10.2 Å². The van der Waals surface area contributed by atoms with E-state index in [-0.39, 0.29) is 0 Å². The first-order chi connectivity index (χ1) is 14.2. The molecule has 0 aliphatic heterocycles. The van der Waals surface area contributed by atoms with Crippen molar-refractivity contribution >= 4 is 39.3 Å². The van der Waals surface area contributed by atoms with Crippen LogP contribution < -0.4 is 4.74 Å². The lowest BCUT2D eigenvalue weighted by Gasteiger charge is -2.11. The van der Waals surface area contributed by atoms with Crippen molar-refractivity contribution in [1.82, 2.24) is 14.8 Å². The second-order valence-corrected chi connectivity index (χ2v) is 8.55. The Bertz CT molecular complexity index is 1090. The van der Waals surface area contributed by atoms with E-state index >= 15 is 0 Å². The number of aromatic nitrogens is 3. The van der Waals surface area contributed by atoms with Crippen LogP contribution in [-0.2, 0) is 0 Å². The fourth-order valence-corrected chi connectivity index (χ4v) is 4.08. The van der Waals surface area contributed by atoms with Crippen molar-refractivity contribution in [2.75, 3.05) is 12.4 Å². The van der Waals surface area contributed by atoms with Crippen LogP contribution in [0.15, 0.2) is 88.5 Å². The quantitative estimate of drug-likeness (QED) is 0.220. The summed E-state index contributed by atoms with van der Waals surface area (Å²) in [7, 11) is 0. The summed E-state index contributed by atoms with van der Waals surface area (Å²) in [4.78, 5) is 0. The molecule has 4 aromatic rings. The van der Waals surface area contributed by atoms with Gasteiger partial charge in [0.2, 0.25) is 0 Å². The Labute approximate surface area is 187 Å². The van der Waals surface area contributed by atoms with Crippen LogP contribution in [0.1, 0.15) is 0 Å². The number of halogens is 2. The molecule has 0 spiro atoms. The average molecular weight is 487 g/mol. The standard InChI is InChI=1S/C22H17BrClN3OS/c23-17-5-4-8-20(15-17)28-13-14-29-22-26-25-21(16-9-11-18(24)12-10-16)27(22)19-6-2-1-3-7-19/h1-12,15H,13-14H2. The summed E-state index contributed by atoms with van der Waals surface area (Å²) < 4.78 is 8.90. The van der Waals surface area contributed by atoms with Crippen molar-refractivity contribution in [2.24, 2.45) is 0 Å². The third kappa shape index (κ3) is 5.01. The summed E-state index contributed by atoms with van der Waals surface area (Å²) in [6, 6.07) is 25.6. The summed E-state index contributed by atoms with van der Waals surface area (Å²) in [5.74, 6) is 2.37. The first-order valence-corrected chi connectivity index (χ1v) is 11.1. The zero-order chi connectivity index (χ0) is 20.1. The summed E-state index contributed by atoms with van der Waals surface area (Å²) in [5.41, 5.74) is 1.97. The van der Waals surface area contributed by atoms with E-state index in [9.17, 15) is 0 Å². The molecule has 29 heavy (non-hydrogen) atoms. The van der Waals surface area contributed by atoms with Crippen molar-refractivity contribution in [2.45, 2.75) is 5.16 Å². The van der Waals surface area contributed by atoms with Gasteiger partial charge < -0.3 is 4.74 Å². The molecule has 1 heterocycles. The maximum Gasteiger partial charge on any atom is 0.196 e. The molecular weight excluding hydrogens is 470 g/mol. The number of benzene rings is 3. The van der Waals surface area contributed by atoms with Crippen LogP contribution in [-0.4, -0.2) is 27.1 Å². The largest absolute Gasteiger partial charge is 0.493 e. The second kappa shape index (κ2) is 9.48. The summed E-state index contributed by atoms with van der Waals surface area (Å²) in [6.07, 6.45) is 0. The van der Waals surface area contributed by atoms with E-state index in [0.29, 0.717) is 11.6 Å². The van der Waals surface area contributed by atoms with Gasteiger partial charge in [0.05, 0.1) is 6.61 Å². The minimum atomic E-state index is 0.568. The molecule has 3 aromatic carbocycles. The van der Waals surface area contributed by atoms with E-state index in [2.05, 4.69) is 30.7 Å². The summed E-state index contributed by atoms with van der Waals surface area (Å²) >= 11 is 11.1. The minimum Gasteiger partial charge on any atom is -0.493 e. The van der Waals surface area contributed by atoms with Gasteiger partial charge in [0.25, 0.3) is 0 Å². The third-order valence-corrected chi connectivity index (χ3v) is 5.77. The molecule has 0 radical (unpaired) electrons. The van der Waals surface area contributed by atoms with Crippen LogP contribution in [0.5, 0.6) is 5.75 Å². The number of hydrogen-bond acceptors (Lipinski definition) is 4. The Morgan fingerprint density at radius 2 is 1.72 bits per heavy atom. The van der Waals surface area contributed by atoms with Crippen molar-refractivity contribution in [3.63, 3.8) is 0 Å². The average Bonchev–Trinajstić information content (AvgIpc) is 3.16. The van der Waals surface area contributed by atoms with E-state index in [1.165, 1.54) is 0 Å². The first kappa shape index (κ1) is 20.0. The monoisotopic (exact) mass is 485 g/mol. The van der Waals surface area contributed by atoms with Crippen molar-refractivity contribution < 1.29 is 4.74 Å². The van der Waals surface area contributed by atoms with Crippen molar-refractivity contribution in [3.8, 4) is 22.8 Å². The summed E-state index contributed by atoms with van der Waals surface area (Å²) in [5, 5.41) is 10.4. The lowest BCUT2D eigenvalue weighted by molar-refractivity contribution is 0.343. The maximum atomic E-state index is 6.04. The van der Waals surface area contributed by atoms with Crippen LogP contribution in [0.4, 0.5) is 0 Å². The molecule has 0 saturated heterocycles. The Hall–Kier alpha value is -2.28. The van der Waals surface area contributed by atoms with Gasteiger partial charge in [0, 0.05) is 26.5 Å². The molecule has 7 heteroatoms. The van der Waals surface area contributed by atoms with Gasteiger partial charge in [0.1, 0.15) is 5.75 Å². The predicted octanol–water partition coefficient (Wildman–Crippen LogP) is 6.52. The molecule has 0 aliphatic carbocycles. The molecular formula is C22H17BrClN3OS. The van der Waals surface area contributed by atoms with E-state index in [1.54, 1.807) is 11.8 Å². The van der Waals surface area contributed by atoms with Crippen LogP contribution in [0.25, 0.3) is 17.1 Å². The zero-order valence-electron chi connectivity index (χ0n) is 15.3. The Morgan fingerprint density at radius 3 is 2.48 bits per heavy atom. The normalized spacial score (nSPS) is 10.8. The molecule has 0 atom stereocenters. The van der Waals surface area contributed by atoms with Crippen LogP contribution in [0.2, 0.25) is 5.02 Å². The second-order valence-electron chi connectivity index (χ2n) is 6.14.